The van der Waals surface area contributed by atoms with E-state index in [1.165, 1.54) is 0 Å². The molecule has 5 heteroatoms. The molecule has 0 spiro atoms. The van der Waals surface area contributed by atoms with Gasteiger partial charge in [0.2, 0.25) is 11.7 Å². The van der Waals surface area contributed by atoms with Crippen LogP contribution in [-0.4, -0.2) is 53.5 Å². The molecule has 0 N–H and O–H groups in total. The van der Waals surface area contributed by atoms with E-state index in [-0.39, 0.29) is 33.3 Å². The number of hydrogen-bond acceptors (Lipinski definition) is 3. The van der Waals surface area contributed by atoms with Crippen LogP contribution < -0.4 is 4.74 Å². The van der Waals surface area contributed by atoms with E-state index in [1.54, 1.807) is 14.0 Å². The van der Waals surface area contributed by atoms with Crippen molar-refractivity contribution < 1.29 is 14.3 Å². The van der Waals surface area contributed by atoms with Crippen molar-refractivity contribution in [2.24, 2.45) is 5.41 Å². The van der Waals surface area contributed by atoms with Crippen LogP contribution in [0.1, 0.15) is 65.7 Å². The summed E-state index contributed by atoms with van der Waals surface area (Å²) in [4.78, 5) is 27.4. The van der Waals surface area contributed by atoms with Crippen molar-refractivity contribution in [2.45, 2.75) is 60.6 Å². The number of ketones is 1. The number of hydrogen-bond donors (Lipinski definition) is 0. The third-order valence-corrected chi connectivity index (χ3v) is 8.42. The molecule has 2 aromatic rings. The van der Waals surface area contributed by atoms with E-state index in [0.717, 1.165) is 46.7 Å². The molecule has 32 heavy (non-hydrogen) atoms. The molecule has 0 aliphatic carbocycles. The SMILES string of the molecule is CC.CC.COc1ccc(C(=O)C([S+]2CCN(C(C)=O)CC2)C(C)(C)C)c2ccccc12. The fourth-order valence-electron chi connectivity index (χ4n) is 4.07. The summed E-state index contributed by atoms with van der Waals surface area (Å²) in [6.07, 6.45) is 0. The van der Waals surface area contributed by atoms with Crippen LogP contribution in [0.4, 0.5) is 0 Å². The first-order valence-electron chi connectivity index (χ1n) is 11.8. The number of Topliss-reactive ketones (excluding diaryl/α,β-unsaturated/α-hetero) is 1. The summed E-state index contributed by atoms with van der Waals surface area (Å²) in [5.74, 6) is 2.94. The summed E-state index contributed by atoms with van der Waals surface area (Å²) in [6, 6.07) is 11.8. The Bertz CT molecular complexity index is 880. The molecule has 1 saturated heterocycles. The van der Waals surface area contributed by atoms with Crippen LogP contribution in [0.3, 0.4) is 0 Å². The fraction of sp³-hybridized carbons (Fsp3) is 0.556. The highest BCUT2D eigenvalue weighted by atomic mass is 32.2. The van der Waals surface area contributed by atoms with Crippen molar-refractivity contribution in [3.63, 3.8) is 0 Å². The quantitative estimate of drug-likeness (QED) is 0.417. The van der Waals surface area contributed by atoms with Gasteiger partial charge in [-0.15, -0.1) is 0 Å². The van der Waals surface area contributed by atoms with Gasteiger partial charge in [0.15, 0.2) is 5.25 Å². The smallest absolute Gasteiger partial charge is 0.219 e. The average Bonchev–Trinajstić information content (AvgIpc) is 2.80. The normalized spacial score (nSPS) is 15.1. The molecular formula is C27H42NO3S+. The average molecular weight is 461 g/mol. The summed E-state index contributed by atoms with van der Waals surface area (Å²) in [5.41, 5.74) is 0.636. The second-order valence-corrected chi connectivity index (χ2v) is 10.8. The minimum atomic E-state index is -0.139. The number of carbonyl (C=O) groups is 2. The summed E-state index contributed by atoms with van der Waals surface area (Å²) >= 11 is 0. The van der Waals surface area contributed by atoms with Crippen LogP contribution in [-0.2, 0) is 15.7 Å². The third-order valence-electron chi connectivity index (χ3n) is 5.42. The summed E-state index contributed by atoms with van der Waals surface area (Å²) in [6.45, 7) is 17.6. The number of rotatable bonds is 4. The summed E-state index contributed by atoms with van der Waals surface area (Å²) < 4.78 is 5.49. The molecule has 0 bridgehead atoms. The van der Waals surface area contributed by atoms with Crippen LogP contribution in [0.2, 0.25) is 0 Å². The molecule has 0 saturated carbocycles. The maximum Gasteiger partial charge on any atom is 0.219 e. The lowest BCUT2D eigenvalue weighted by molar-refractivity contribution is -0.128. The Morgan fingerprint density at radius 3 is 1.94 bits per heavy atom. The van der Waals surface area contributed by atoms with Gasteiger partial charge in [0.05, 0.1) is 20.2 Å². The summed E-state index contributed by atoms with van der Waals surface area (Å²) in [5, 5.41) is 1.86. The number of nitrogens with zero attached hydrogens (tertiary/aromatic N) is 1. The van der Waals surface area contributed by atoms with Gasteiger partial charge in [0.1, 0.15) is 17.3 Å². The second kappa shape index (κ2) is 12.9. The second-order valence-electron chi connectivity index (χ2n) is 8.42. The zero-order valence-electron chi connectivity index (χ0n) is 21.5. The van der Waals surface area contributed by atoms with Gasteiger partial charge in [0, 0.05) is 34.2 Å². The van der Waals surface area contributed by atoms with E-state index < -0.39 is 0 Å². The molecule has 1 heterocycles. The molecule has 0 aromatic heterocycles. The molecule has 3 rings (SSSR count). The molecule has 4 nitrogen and oxygen atoms in total. The first kappa shape index (κ1) is 28.0. The van der Waals surface area contributed by atoms with Crippen molar-refractivity contribution in [1.82, 2.24) is 4.90 Å². The van der Waals surface area contributed by atoms with Gasteiger partial charge in [-0.3, -0.25) is 9.59 Å². The van der Waals surface area contributed by atoms with E-state index in [9.17, 15) is 9.59 Å². The standard InChI is InChI=1S/C23H30NO3S.2C2H6/c1-16(25)24-12-14-28(15-13-24)22(23(2,3)4)21(26)19-10-11-20(27-5)18-9-7-6-8-17(18)19;2*1-2/h6-11,22H,12-15H2,1-5H3;2*1-2H3/q+1;;. The monoisotopic (exact) mass is 460 g/mol. The highest BCUT2D eigenvalue weighted by molar-refractivity contribution is 7.98. The number of carbonyl (C=O) groups excluding carboxylic acids is 2. The van der Waals surface area contributed by atoms with Crippen LogP contribution in [0.15, 0.2) is 36.4 Å². The van der Waals surface area contributed by atoms with E-state index in [0.29, 0.717) is 0 Å². The Kier molecular flexibility index (Phi) is 11.3. The Balaban J connectivity index is 0.00000121. The molecular weight excluding hydrogens is 418 g/mol. The van der Waals surface area contributed by atoms with Crippen LogP contribution in [0, 0.1) is 5.41 Å². The van der Waals surface area contributed by atoms with Crippen molar-refractivity contribution in [1.29, 1.82) is 0 Å². The van der Waals surface area contributed by atoms with E-state index in [2.05, 4.69) is 20.8 Å². The fourth-order valence-corrected chi connectivity index (χ4v) is 7.08. The number of amides is 1. The first-order chi connectivity index (χ1) is 15.2. The van der Waals surface area contributed by atoms with Gasteiger partial charge < -0.3 is 9.64 Å². The lowest BCUT2D eigenvalue weighted by atomic mass is 9.86. The van der Waals surface area contributed by atoms with Gasteiger partial charge in [-0.05, 0) is 17.5 Å². The lowest BCUT2D eigenvalue weighted by Gasteiger charge is -2.34. The number of methoxy groups -OCH3 is 1. The van der Waals surface area contributed by atoms with Gasteiger partial charge >= 0.3 is 0 Å². The van der Waals surface area contributed by atoms with Gasteiger partial charge in [-0.25, -0.2) is 0 Å². The minimum Gasteiger partial charge on any atom is -0.496 e. The molecule has 2 aromatic carbocycles. The maximum atomic E-state index is 13.8. The van der Waals surface area contributed by atoms with Crippen molar-refractivity contribution >= 4 is 33.4 Å². The number of ether oxygens (including phenoxy) is 1. The Labute approximate surface area is 198 Å². The van der Waals surface area contributed by atoms with Gasteiger partial charge in [-0.1, -0.05) is 72.7 Å². The summed E-state index contributed by atoms with van der Waals surface area (Å²) in [7, 11) is 1.61. The Morgan fingerprint density at radius 2 is 1.47 bits per heavy atom. The van der Waals surface area contributed by atoms with Crippen LogP contribution in [0.25, 0.3) is 10.8 Å². The number of fused-ring (bicyclic) bond motifs is 1. The van der Waals surface area contributed by atoms with Crippen molar-refractivity contribution in [2.75, 3.05) is 31.7 Å². The van der Waals surface area contributed by atoms with Crippen LogP contribution in [0.5, 0.6) is 5.75 Å². The zero-order valence-corrected chi connectivity index (χ0v) is 22.3. The van der Waals surface area contributed by atoms with E-state index >= 15 is 0 Å². The van der Waals surface area contributed by atoms with Crippen molar-refractivity contribution in [3.05, 3.63) is 42.0 Å². The number of benzene rings is 2. The van der Waals surface area contributed by atoms with E-state index in [4.69, 9.17) is 4.74 Å². The molecule has 1 atom stereocenters. The van der Waals surface area contributed by atoms with Crippen molar-refractivity contribution in [3.8, 4) is 5.75 Å². The van der Waals surface area contributed by atoms with E-state index in [1.807, 2.05) is 69.0 Å². The third kappa shape index (κ3) is 6.50. The highest BCUT2D eigenvalue weighted by Gasteiger charge is 2.47. The molecule has 1 amide bonds. The Hall–Kier alpha value is -2.01. The lowest BCUT2D eigenvalue weighted by Crippen LogP contribution is -2.52. The molecule has 1 unspecified atom stereocenters. The predicted molar refractivity (Wildman–Crippen MR) is 140 cm³/mol. The topological polar surface area (TPSA) is 46.6 Å². The highest BCUT2D eigenvalue weighted by Crippen LogP contribution is 2.35. The first-order valence-corrected chi connectivity index (χ1v) is 13.4. The predicted octanol–water partition coefficient (Wildman–Crippen LogP) is 5.98. The molecule has 0 radical (unpaired) electrons. The van der Waals surface area contributed by atoms with Gasteiger partial charge in [-0.2, -0.15) is 0 Å². The van der Waals surface area contributed by atoms with Crippen LogP contribution >= 0.6 is 0 Å². The molecule has 1 fully saturated rings. The maximum absolute atomic E-state index is 13.8. The molecule has 178 valence electrons. The largest absolute Gasteiger partial charge is 0.496 e. The molecule has 1 aliphatic rings. The Morgan fingerprint density at radius 1 is 0.938 bits per heavy atom. The zero-order chi connectivity index (χ0) is 24.5. The molecule has 1 aliphatic heterocycles. The minimum absolute atomic E-state index is 0.0445. The van der Waals surface area contributed by atoms with Gasteiger partial charge in [0.25, 0.3) is 0 Å².